The number of nitrogens with two attached hydrogens (primary N) is 1. The molecule has 0 saturated heterocycles. The monoisotopic (exact) mass is 349 g/mol. The summed E-state index contributed by atoms with van der Waals surface area (Å²) in [4.78, 5) is 24.1. The summed E-state index contributed by atoms with van der Waals surface area (Å²) in [5, 5.41) is 3.32. The fraction of sp³-hybridized carbons (Fsp3) is 0. The van der Waals surface area contributed by atoms with Gasteiger partial charge in [-0.15, -0.1) is 0 Å². The number of carbonyl (C=O) groups excluding carboxylic acids is 2. The molecule has 0 radical (unpaired) electrons. The standard InChI is InChI=1S/C16H13Cl2N3O2/c17-12-7-6-11(13(18)9-12)8-14(16(23)21-19)20-15(22)10-4-2-1-3-5-10/h1-9H,19H2,(H,20,22)(H,21,23)/b14-8-. The number of nitrogens with one attached hydrogen (secondary N) is 2. The van der Waals surface area contributed by atoms with Gasteiger partial charge in [-0.2, -0.15) is 0 Å². The second-order valence-corrected chi connectivity index (χ2v) is 5.36. The van der Waals surface area contributed by atoms with Crippen molar-refractivity contribution in [2.45, 2.75) is 0 Å². The zero-order chi connectivity index (χ0) is 16.8. The minimum atomic E-state index is -0.653. The largest absolute Gasteiger partial charge is 0.317 e. The van der Waals surface area contributed by atoms with Crippen molar-refractivity contribution in [3.63, 3.8) is 0 Å². The highest BCUT2D eigenvalue weighted by atomic mass is 35.5. The topological polar surface area (TPSA) is 84.2 Å². The highest BCUT2D eigenvalue weighted by molar-refractivity contribution is 6.35. The van der Waals surface area contributed by atoms with Crippen molar-refractivity contribution in [2.24, 2.45) is 5.84 Å². The van der Waals surface area contributed by atoms with E-state index in [-0.39, 0.29) is 5.70 Å². The van der Waals surface area contributed by atoms with Gasteiger partial charge in [0.25, 0.3) is 11.8 Å². The van der Waals surface area contributed by atoms with E-state index in [1.54, 1.807) is 42.5 Å². The molecule has 0 spiro atoms. The highest BCUT2D eigenvalue weighted by Gasteiger charge is 2.14. The molecule has 0 atom stereocenters. The van der Waals surface area contributed by atoms with Crippen molar-refractivity contribution in [3.05, 3.63) is 75.4 Å². The lowest BCUT2D eigenvalue weighted by molar-refractivity contribution is -0.117. The predicted octanol–water partition coefficient (Wildman–Crippen LogP) is 2.75. The molecule has 7 heteroatoms. The maximum Gasteiger partial charge on any atom is 0.281 e. The Balaban J connectivity index is 2.32. The minimum Gasteiger partial charge on any atom is -0.317 e. The van der Waals surface area contributed by atoms with Gasteiger partial charge in [-0.25, -0.2) is 5.84 Å². The molecule has 2 aromatic rings. The summed E-state index contributed by atoms with van der Waals surface area (Å²) in [5.74, 6) is 4.07. The van der Waals surface area contributed by atoms with E-state index in [0.717, 1.165) is 0 Å². The van der Waals surface area contributed by atoms with Crippen LogP contribution in [-0.4, -0.2) is 11.8 Å². The quantitative estimate of drug-likeness (QED) is 0.343. The first-order valence-electron chi connectivity index (χ1n) is 6.55. The summed E-state index contributed by atoms with van der Waals surface area (Å²) in [6, 6.07) is 13.3. The molecule has 2 rings (SSSR count). The lowest BCUT2D eigenvalue weighted by atomic mass is 10.1. The predicted molar refractivity (Wildman–Crippen MR) is 90.7 cm³/mol. The number of hydrogen-bond donors (Lipinski definition) is 3. The van der Waals surface area contributed by atoms with Crippen LogP contribution in [0.1, 0.15) is 15.9 Å². The van der Waals surface area contributed by atoms with Gasteiger partial charge >= 0.3 is 0 Å². The molecule has 0 aliphatic heterocycles. The summed E-state index contributed by atoms with van der Waals surface area (Å²) < 4.78 is 0. The number of carbonyl (C=O) groups is 2. The highest BCUT2D eigenvalue weighted by Crippen LogP contribution is 2.22. The smallest absolute Gasteiger partial charge is 0.281 e. The molecule has 0 fully saturated rings. The molecule has 0 aromatic heterocycles. The summed E-state index contributed by atoms with van der Waals surface area (Å²) in [7, 11) is 0. The number of hydrogen-bond acceptors (Lipinski definition) is 3. The van der Waals surface area contributed by atoms with E-state index in [9.17, 15) is 9.59 Å². The number of benzene rings is 2. The molecule has 0 aliphatic carbocycles. The van der Waals surface area contributed by atoms with Crippen LogP contribution in [0.4, 0.5) is 0 Å². The SMILES string of the molecule is NNC(=O)/C(=C/c1ccc(Cl)cc1Cl)NC(=O)c1ccccc1. The molecular formula is C16H13Cl2N3O2. The normalized spacial score (nSPS) is 11.0. The Morgan fingerprint density at radius 2 is 1.74 bits per heavy atom. The third kappa shape index (κ3) is 4.56. The van der Waals surface area contributed by atoms with E-state index in [1.165, 1.54) is 12.1 Å². The van der Waals surface area contributed by atoms with Crippen LogP contribution in [-0.2, 0) is 4.79 Å². The number of halogens is 2. The Morgan fingerprint density at radius 3 is 2.35 bits per heavy atom. The molecule has 0 heterocycles. The first-order chi connectivity index (χ1) is 11.0. The van der Waals surface area contributed by atoms with Crippen molar-refractivity contribution in [2.75, 3.05) is 0 Å². The Kier molecular flexibility index (Phi) is 5.76. The van der Waals surface area contributed by atoms with Gasteiger partial charge in [-0.05, 0) is 35.9 Å². The van der Waals surface area contributed by atoms with Crippen molar-refractivity contribution < 1.29 is 9.59 Å². The van der Waals surface area contributed by atoms with Crippen LogP contribution in [0.3, 0.4) is 0 Å². The van der Waals surface area contributed by atoms with Gasteiger partial charge < -0.3 is 5.32 Å². The van der Waals surface area contributed by atoms with Gasteiger partial charge in [0.15, 0.2) is 0 Å². The molecule has 23 heavy (non-hydrogen) atoms. The fourth-order valence-corrected chi connectivity index (χ4v) is 2.26. The number of rotatable bonds is 4. The lowest BCUT2D eigenvalue weighted by Gasteiger charge is -2.09. The van der Waals surface area contributed by atoms with E-state index >= 15 is 0 Å². The van der Waals surface area contributed by atoms with Crippen LogP contribution in [0.25, 0.3) is 6.08 Å². The van der Waals surface area contributed by atoms with E-state index < -0.39 is 11.8 Å². The van der Waals surface area contributed by atoms with Crippen LogP contribution in [0.15, 0.2) is 54.2 Å². The zero-order valence-corrected chi connectivity index (χ0v) is 13.4. The Bertz CT molecular complexity index is 761. The Labute approximate surface area is 143 Å². The van der Waals surface area contributed by atoms with Crippen LogP contribution >= 0.6 is 23.2 Å². The fourth-order valence-electron chi connectivity index (χ4n) is 1.79. The molecule has 4 N–H and O–H groups in total. The molecule has 118 valence electrons. The molecule has 0 aliphatic rings. The zero-order valence-electron chi connectivity index (χ0n) is 11.8. The van der Waals surface area contributed by atoms with Crippen molar-refractivity contribution >= 4 is 41.1 Å². The van der Waals surface area contributed by atoms with Crippen LogP contribution < -0.4 is 16.6 Å². The lowest BCUT2D eigenvalue weighted by Crippen LogP contribution is -2.38. The first-order valence-corrected chi connectivity index (χ1v) is 7.31. The first kappa shape index (κ1) is 17.0. The van der Waals surface area contributed by atoms with Gasteiger partial charge in [0.05, 0.1) is 0 Å². The van der Waals surface area contributed by atoms with E-state index in [4.69, 9.17) is 29.0 Å². The summed E-state index contributed by atoms with van der Waals surface area (Å²) in [5.41, 5.74) is 2.87. The summed E-state index contributed by atoms with van der Waals surface area (Å²) in [6.07, 6.45) is 1.42. The summed E-state index contributed by atoms with van der Waals surface area (Å²) >= 11 is 11.9. The van der Waals surface area contributed by atoms with Gasteiger partial charge in [-0.1, -0.05) is 47.5 Å². The Morgan fingerprint density at radius 1 is 1.04 bits per heavy atom. The number of amides is 2. The minimum absolute atomic E-state index is 0.0365. The van der Waals surface area contributed by atoms with Crippen LogP contribution in [0, 0.1) is 0 Å². The van der Waals surface area contributed by atoms with Crippen LogP contribution in [0.5, 0.6) is 0 Å². The van der Waals surface area contributed by atoms with Crippen molar-refractivity contribution in [3.8, 4) is 0 Å². The van der Waals surface area contributed by atoms with Gasteiger partial charge in [0, 0.05) is 15.6 Å². The van der Waals surface area contributed by atoms with Crippen LogP contribution in [0.2, 0.25) is 10.0 Å². The third-order valence-corrected chi connectivity index (χ3v) is 3.48. The van der Waals surface area contributed by atoms with Gasteiger partial charge in [-0.3, -0.25) is 15.0 Å². The molecule has 2 aromatic carbocycles. The van der Waals surface area contributed by atoms with Crippen molar-refractivity contribution in [1.29, 1.82) is 0 Å². The van der Waals surface area contributed by atoms with E-state index in [1.807, 2.05) is 5.43 Å². The average molecular weight is 350 g/mol. The third-order valence-electron chi connectivity index (χ3n) is 2.92. The molecule has 0 bridgehead atoms. The van der Waals surface area contributed by atoms with E-state index in [0.29, 0.717) is 21.2 Å². The molecule has 0 unspecified atom stereocenters. The average Bonchev–Trinajstić information content (AvgIpc) is 2.56. The van der Waals surface area contributed by atoms with Crippen molar-refractivity contribution in [1.82, 2.24) is 10.7 Å². The van der Waals surface area contributed by atoms with Gasteiger partial charge in [0.1, 0.15) is 5.70 Å². The second kappa shape index (κ2) is 7.78. The maximum atomic E-state index is 12.2. The molecule has 2 amide bonds. The molecular weight excluding hydrogens is 337 g/mol. The number of hydrazine groups is 1. The summed E-state index contributed by atoms with van der Waals surface area (Å²) in [6.45, 7) is 0. The second-order valence-electron chi connectivity index (χ2n) is 4.52. The Hall–Kier alpha value is -2.34. The molecule has 5 nitrogen and oxygen atoms in total. The maximum absolute atomic E-state index is 12.2. The van der Waals surface area contributed by atoms with E-state index in [2.05, 4.69) is 5.32 Å². The van der Waals surface area contributed by atoms with Gasteiger partial charge in [0.2, 0.25) is 0 Å². The molecule has 0 saturated carbocycles.